The van der Waals surface area contributed by atoms with E-state index < -0.39 is 10.0 Å². The Balaban J connectivity index is 3.16. The summed E-state index contributed by atoms with van der Waals surface area (Å²) in [6.07, 6.45) is 2.12. The van der Waals surface area contributed by atoms with Crippen molar-refractivity contribution in [2.45, 2.75) is 24.7 Å². The molecule has 0 aliphatic carbocycles. The average Bonchev–Trinajstić information content (AvgIpc) is 2.48. The third-order valence-corrected chi connectivity index (χ3v) is 5.21. The summed E-state index contributed by atoms with van der Waals surface area (Å²) >= 11 is 5.11. The zero-order valence-electron chi connectivity index (χ0n) is 13.4. The molecule has 0 fully saturated rings. The summed E-state index contributed by atoms with van der Waals surface area (Å²) in [7, 11) is 1.24. The number of sulfonamides is 1. The van der Waals surface area contributed by atoms with Gasteiger partial charge >= 0.3 is 0 Å². The normalized spacial score (nSPS) is 11.3. The number of rotatable bonds is 7. The van der Waals surface area contributed by atoms with Crippen molar-refractivity contribution in [3.63, 3.8) is 0 Å². The largest absolute Gasteiger partial charge is 0.383 e. The predicted octanol–water partition coefficient (Wildman–Crippen LogP) is 2.07. The lowest BCUT2D eigenvalue weighted by Gasteiger charge is -2.17. The van der Waals surface area contributed by atoms with Gasteiger partial charge in [0.15, 0.2) is 5.11 Å². The Kier molecular flexibility index (Phi) is 7.05. The second-order valence-electron chi connectivity index (χ2n) is 4.98. The summed E-state index contributed by atoms with van der Waals surface area (Å²) < 4.78 is 25.7. The second kappa shape index (κ2) is 8.30. The van der Waals surface area contributed by atoms with E-state index in [1.807, 2.05) is 0 Å². The molecule has 6 nitrogen and oxygen atoms in total. The monoisotopic (exact) mass is 344 g/mol. The highest BCUT2D eigenvalue weighted by Crippen LogP contribution is 2.26. The third kappa shape index (κ3) is 4.82. The summed E-state index contributed by atoms with van der Waals surface area (Å²) in [5, 5.41) is 9.56. The van der Waals surface area contributed by atoms with E-state index in [9.17, 15) is 8.42 Å². The van der Waals surface area contributed by atoms with Gasteiger partial charge in [0.1, 0.15) is 0 Å². The number of unbranched alkanes of at least 4 members (excludes halogenated alkanes) is 1. The van der Waals surface area contributed by atoms with Gasteiger partial charge in [-0.3, -0.25) is 0 Å². The van der Waals surface area contributed by atoms with Crippen molar-refractivity contribution in [3.8, 4) is 0 Å². The topological polar surface area (TPSA) is 73.5 Å². The summed E-state index contributed by atoms with van der Waals surface area (Å²) in [6.45, 7) is 2.93. The number of hydrogen-bond acceptors (Lipinski definition) is 4. The molecule has 0 aliphatic heterocycles. The minimum Gasteiger partial charge on any atom is -0.383 e. The van der Waals surface area contributed by atoms with Crippen molar-refractivity contribution in [2.75, 3.05) is 38.3 Å². The van der Waals surface area contributed by atoms with Crippen molar-refractivity contribution >= 4 is 38.7 Å². The van der Waals surface area contributed by atoms with Crippen LogP contribution in [0.3, 0.4) is 0 Å². The number of thiocarbonyl (C=S) groups is 1. The van der Waals surface area contributed by atoms with Gasteiger partial charge in [-0.2, -0.15) is 0 Å². The molecule has 22 heavy (non-hydrogen) atoms. The zero-order valence-corrected chi connectivity index (χ0v) is 15.1. The van der Waals surface area contributed by atoms with Crippen LogP contribution < -0.4 is 16.0 Å². The number of benzene rings is 1. The Morgan fingerprint density at radius 1 is 1.27 bits per heavy atom. The Labute approximate surface area is 138 Å². The van der Waals surface area contributed by atoms with Crippen molar-refractivity contribution < 1.29 is 8.42 Å². The van der Waals surface area contributed by atoms with E-state index in [4.69, 9.17) is 12.2 Å². The molecule has 0 amide bonds. The first kappa shape index (κ1) is 18.7. The highest BCUT2D eigenvalue weighted by Gasteiger charge is 2.19. The van der Waals surface area contributed by atoms with Gasteiger partial charge in [0.2, 0.25) is 10.0 Å². The van der Waals surface area contributed by atoms with Crippen LogP contribution in [0, 0.1) is 0 Å². The fourth-order valence-corrected chi connectivity index (χ4v) is 2.78. The van der Waals surface area contributed by atoms with Gasteiger partial charge < -0.3 is 16.0 Å². The fraction of sp³-hybridized carbons (Fsp3) is 0.500. The fourth-order valence-electron chi connectivity index (χ4n) is 1.74. The molecule has 0 unspecified atom stereocenters. The van der Waals surface area contributed by atoms with Crippen LogP contribution in [0.15, 0.2) is 23.1 Å². The molecule has 0 radical (unpaired) electrons. The molecule has 0 spiro atoms. The van der Waals surface area contributed by atoms with Crippen molar-refractivity contribution in [1.29, 1.82) is 0 Å². The van der Waals surface area contributed by atoms with Gasteiger partial charge in [0.05, 0.1) is 16.3 Å². The quantitative estimate of drug-likeness (QED) is 0.519. The zero-order chi connectivity index (χ0) is 16.8. The Bertz CT molecular complexity index is 615. The summed E-state index contributed by atoms with van der Waals surface area (Å²) in [4.78, 5) is 0.222. The second-order valence-corrected chi connectivity index (χ2v) is 7.54. The first-order chi connectivity index (χ1) is 10.3. The smallest absolute Gasteiger partial charge is 0.242 e. The van der Waals surface area contributed by atoms with E-state index >= 15 is 0 Å². The number of nitrogens with zero attached hydrogens (tertiary/aromatic N) is 1. The van der Waals surface area contributed by atoms with Crippen LogP contribution >= 0.6 is 12.2 Å². The summed E-state index contributed by atoms with van der Waals surface area (Å²) in [6, 6.07) is 4.94. The van der Waals surface area contributed by atoms with E-state index in [2.05, 4.69) is 22.9 Å². The Hall–Kier alpha value is -1.38. The molecule has 0 heterocycles. The molecule has 0 aromatic heterocycles. The molecule has 0 aliphatic rings. The summed E-state index contributed by atoms with van der Waals surface area (Å²) in [5.41, 5.74) is 1.46. The van der Waals surface area contributed by atoms with E-state index in [-0.39, 0.29) is 4.90 Å². The van der Waals surface area contributed by atoms with Crippen molar-refractivity contribution in [3.05, 3.63) is 18.2 Å². The third-order valence-electron chi connectivity index (χ3n) is 3.09. The molecule has 0 atom stereocenters. The van der Waals surface area contributed by atoms with E-state index in [0.717, 1.165) is 25.1 Å². The number of anilines is 2. The average molecular weight is 345 g/mol. The molecule has 1 aromatic rings. The lowest BCUT2D eigenvalue weighted by molar-refractivity contribution is 0.521. The van der Waals surface area contributed by atoms with Gasteiger partial charge in [0, 0.05) is 27.7 Å². The Morgan fingerprint density at radius 2 is 1.95 bits per heavy atom. The van der Waals surface area contributed by atoms with Gasteiger partial charge in [0.25, 0.3) is 0 Å². The molecular formula is C14H24N4O2S2. The molecule has 0 saturated carbocycles. The maximum Gasteiger partial charge on any atom is 0.242 e. The predicted molar refractivity (Wildman–Crippen MR) is 96.0 cm³/mol. The van der Waals surface area contributed by atoms with Gasteiger partial charge in [-0.1, -0.05) is 13.3 Å². The number of nitrogens with one attached hydrogen (secondary N) is 3. The molecule has 1 rings (SSSR count). The lowest BCUT2D eigenvalue weighted by atomic mass is 10.2. The van der Waals surface area contributed by atoms with Crippen LogP contribution in [-0.4, -0.2) is 45.5 Å². The van der Waals surface area contributed by atoms with E-state index in [1.54, 1.807) is 25.2 Å². The minimum absolute atomic E-state index is 0.222. The van der Waals surface area contributed by atoms with Crippen LogP contribution in [-0.2, 0) is 10.0 Å². The number of hydrogen-bond donors (Lipinski definition) is 3. The van der Waals surface area contributed by atoms with Crippen LogP contribution in [0.2, 0.25) is 0 Å². The van der Waals surface area contributed by atoms with E-state index in [0.29, 0.717) is 10.8 Å². The molecule has 3 N–H and O–H groups in total. The molecule has 1 aromatic carbocycles. The van der Waals surface area contributed by atoms with Crippen LogP contribution in [0.5, 0.6) is 0 Å². The molecule has 0 bridgehead atoms. The maximum atomic E-state index is 12.2. The lowest BCUT2D eigenvalue weighted by Crippen LogP contribution is -2.26. The van der Waals surface area contributed by atoms with Gasteiger partial charge in [-0.05, 0) is 36.8 Å². The molecular weight excluding hydrogens is 320 g/mol. The summed E-state index contributed by atoms with van der Waals surface area (Å²) in [5.74, 6) is 0. The van der Waals surface area contributed by atoms with Crippen LogP contribution in [0.25, 0.3) is 0 Å². The Morgan fingerprint density at radius 3 is 2.50 bits per heavy atom. The highest BCUT2D eigenvalue weighted by atomic mass is 32.2. The molecule has 8 heteroatoms. The highest BCUT2D eigenvalue weighted by molar-refractivity contribution is 7.89. The molecule has 0 saturated heterocycles. The first-order valence-corrected chi connectivity index (χ1v) is 8.97. The van der Waals surface area contributed by atoms with Gasteiger partial charge in [-0.25, -0.2) is 12.7 Å². The standard InChI is InChI=1S/C14H24N4O2S2/c1-5-6-9-16-12-8-7-11(22(19,20)18(3)4)10-13(12)17-14(21)15-2/h7-8,10,16H,5-6,9H2,1-4H3,(H2,15,17,21). The minimum atomic E-state index is -3.48. The van der Waals surface area contributed by atoms with Crippen LogP contribution in [0.1, 0.15) is 19.8 Å². The first-order valence-electron chi connectivity index (χ1n) is 7.12. The van der Waals surface area contributed by atoms with E-state index in [1.165, 1.54) is 18.4 Å². The van der Waals surface area contributed by atoms with Crippen molar-refractivity contribution in [2.24, 2.45) is 0 Å². The molecule has 124 valence electrons. The van der Waals surface area contributed by atoms with Gasteiger partial charge in [-0.15, -0.1) is 0 Å². The van der Waals surface area contributed by atoms with Crippen LogP contribution in [0.4, 0.5) is 11.4 Å². The maximum absolute atomic E-state index is 12.2. The van der Waals surface area contributed by atoms with Crippen molar-refractivity contribution in [1.82, 2.24) is 9.62 Å². The SMILES string of the molecule is CCCCNc1ccc(S(=O)(=O)N(C)C)cc1NC(=S)NC.